The van der Waals surface area contributed by atoms with Gasteiger partial charge in [-0.3, -0.25) is 0 Å². The zero-order chi connectivity index (χ0) is 15.0. The summed E-state index contributed by atoms with van der Waals surface area (Å²) >= 11 is 0. The van der Waals surface area contributed by atoms with Gasteiger partial charge in [0.1, 0.15) is 17.3 Å². The van der Waals surface area contributed by atoms with Crippen LogP contribution >= 0.6 is 0 Å². The van der Waals surface area contributed by atoms with E-state index in [4.69, 9.17) is 0 Å². The van der Waals surface area contributed by atoms with Crippen LogP contribution in [0.4, 0.5) is 14.5 Å². The summed E-state index contributed by atoms with van der Waals surface area (Å²) in [4.78, 5) is 0. The molecule has 3 rings (SSSR count). The van der Waals surface area contributed by atoms with Crippen molar-refractivity contribution in [3.63, 3.8) is 0 Å². The Kier molecular flexibility index (Phi) is 3.44. The van der Waals surface area contributed by atoms with Gasteiger partial charge in [-0.1, -0.05) is 44.2 Å². The first-order chi connectivity index (χ1) is 9.99. The predicted octanol–water partition coefficient (Wildman–Crippen LogP) is 5.09. The van der Waals surface area contributed by atoms with Crippen molar-refractivity contribution in [2.45, 2.75) is 32.7 Å². The van der Waals surface area contributed by atoms with Gasteiger partial charge in [0.25, 0.3) is 0 Å². The van der Waals surface area contributed by atoms with Crippen molar-refractivity contribution >= 4 is 5.69 Å². The van der Waals surface area contributed by atoms with Gasteiger partial charge in [-0.05, 0) is 41.5 Å². The first kappa shape index (κ1) is 14.1. The third kappa shape index (κ3) is 2.53. The number of aryl methyl sites for hydroxylation is 1. The average Bonchev–Trinajstić information content (AvgIpc) is 2.45. The van der Waals surface area contributed by atoms with E-state index in [2.05, 4.69) is 25.2 Å². The summed E-state index contributed by atoms with van der Waals surface area (Å²) in [6.45, 7) is 4.28. The lowest BCUT2D eigenvalue weighted by Gasteiger charge is -2.41. The van der Waals surface area contributed by atoms with Gasteiger partial charge >= 0.3 is 0 Å². The maximum atomic E-state index is 13.9. The van der Waals surface area contributed by atoms with Crippen LogP contribution in [0.2, 0.25) is 0 Å². The maximum Gasteiger partial charge on any atom is 0.149 e. The number of benzene rings is 2. The van der Waals surface area contributed by atoms with Crippen LogP contribution < -0.4 is 5.32 Å². The van der Waals surface area contributed by atoms with Crippen LogP contribution in [0.1, 0.15) is 37.4 Å². The fourth-order valence-corrected chi connectivity index (χ4v) is 3.12. The molecule has 0 aliphatic heterocycles. The van der Waals surface area contributed by atoms with Crippen molar-refractivity contribution in [1.82, 2.24) is 0 Å². The highest BCUT2D eigenvalue weighted by Crippen LogP contribution is 2.45. The Morgan fingerprint density at radius 2 is 1.67 bits per heavy atom. The minimum atomic E-state index is -0.547. The van der Waals surface area contributed by atoms with Crippen LogP contribution in [0.25, 0.3) is 0 Å². The van der Waals surface area contributed by atoms with E-state index in [0.29, 0.717) is 0 Å². The number of para-hydroxylation sites is 1. The van der Waals surface area contributed by atoms with E-state index in [-0.39, 0.29) is 17.1 Å². The lowest BCUT2D eigenvalue weighted by molar-refractivity contribution is 0.264. The van der Waals surface area contributed by atoms with Crippen LogP contribution in [-0.2, 0) is 6.42 Å². The topological polar surface area (TPSA) is 12.0 Å². The van der Waals surface area contributed by atoms with Crippen molar-refractivity contribution in [3.8, 4) is 0 Å². The molecule has 0 saturated heterocycles. The third-order valence-corrected chi connectivity index (χ3v) is 4.44. The van der Waals surface area contributed by atoms with E-state index in [0.717, 1.165) is 18.4 Å². The third-order valence-electron chi connectivity index (χ3n) is 4.44. The summed E-state index contributed by atoms with van der Waals surface area (Å²) in [6, 6.07) is 12.0. The number of anilines is 1. The zero-order valence-electron chi connectivity index (χ0n) is 12.3. The molecule has 0 saturated carbocycles. The quantitative estimate of drug-likeness (QED) is 0.811. The molecule has 1 unspecified atom stereocenters. The molecule has 1 aliphatic rings. The molecular formula is C18H19F2N. The van der Waals surface area contributed by atoms with Crippen LogP contribution in [0.5, 0.6) is 0 Å². The van der Waals surface area contributed by atoms with Crippen LogP contribution in [-0.4, -0.2) is 0 Å². The molecule has 0 aromatic heterocycles. The Morgan fingerprint density at radius 3 is 2.38 bits per heavy atom. The van der Waals surface area contributed by atoms with E-state index in [1.165, 1.54) is 23.8 Å². The molecule has 1 atom stereocenters. The van der Waals surface area contributed by atoms with E-state index >= 15 is 0 Å². The number of hydrogen-bond donors (Lipinski definition) is 1. The molecule has 2 aromatic rings. The van der Waals surface area contributed by atoms with Crippen molar-refractivity contribution in [2.75, 3.05) is 5.32 Å². The summed E-state index contributed by atoms with van der Waals surface area (Å²) in [5.74, 6) is -1.09. The lowest BCUT2D eigenvalue weighted by Crippen LogP contribution is -2.33. The van der Waals surface area contributed by atoms with Gasteiger partial charge in [0, 0.05) is 0 Å². The molecule has 0 radical (unpaired) electrons. The largest absolute Gasteiger partial charge is 0.373 e. The molecule has 0 spiro atoms. The fraction of sp³-hybridized carbons (Fsp3) is 0.333. The maximum absolute atomic E-state index is 13.9. The predicted molar refractivity (Wildman–Crippen MR) is 81.3 cm³/mol. The highest BCUT2D eigenvalue weighted by atomic mass is 19.1. The summed E-state index contributed by atoms with van der Waals surface area (Å²) in [5, 5.41) is 3.11. The first-order valence-corrected chi connectivity index (χ1v) is 7.27. The van der Waals surface area contributed by atoms with E-state index in [1.54, 1.807) is 0 Å². The fourth-order valence-electron chi connectivity index (χ4n) is 3.12. The van der Waals surface area contributed by atoms with Crippen molar-refractivity contribution in [2.24, 2.45) is 5.41 Å². The molecule has 3 heteroatoms. The second kappa shape index (κ2) is 5.14. The van der Waals surface area contributed by atoms with Gasteiger partial charge in [0.2, 0.25) is 0 Å². The smallest absolute Gasteiger partial charge is 0.149 e. The Morgan fingerprint density at radius 1 is 1.00 bits per heavy atom. The lowest BCUT2D eigenvalue weighted by atomic mass is 9.70. The average molecular weight is 287 g/mol. The van der Waals surface area contributed by atoms with Gasteiger partial charge in [0.05, 0.1) is 6.04 Å². The van der Waals surface area contributed by atoms with Crippen molar-refractivity contribution < 1.29 is 8.78 Å². The second-order valence-corrected chi connectivity index (χ2v) is 6.36. The van der Waals surface area contributed by atoms with E-state index in [1.807, 2.05) is 18.2 Å². The highest BCUT2D eigenvalue weighted by molar-refractivity contribution is 5.50. The minimum absolute atomic E-state index is 0.0349. The van der Waals surface area contributed by atoms with Crippen LogP contribution in [0.15, 0.2) is 42.5 Å². The monoisotopic (exact) mass is 287 g/mol. The standard InChI is InChI=1S/C18H19F2N/c1-18(2)11-10-12-6-3-4-7-13(12)17(18)21-16-14(19)8-5-9-15(16)20/h3-9,17,21H,10-11H2,1-2H3. The molecule has 2 aromatic carbocycles. The van der Waals surface area contributed by atoms with Gasteiger partial charge in [-0.15, -0.1) is 0 Å². The minimum Gasteiger partial charge on any atom is -0.373 e. The Hall–Kier alpha value is -1.90. The summed E-state index contributed by atoms with van der Waals surface area (Å²) < 4.78 is 27.9. The van der Waals surface area contributed by atoms with Crippen molar-refractivity contribution in [3.05, 3.63) is 65.2 Å². The molecule has 0 bridgehead atoms. The highest BCUT2D eigenvalue weighted by Gasteiger charge is 2.36. The van der Waals surface area contributed by atoms with E-state index in [9.17, 15) is 8.78 Å². The Labute approximate surface area is 124 Å². The molecule has 110 valence electrons. The zero-order valence-corrected chi connectivity index (χ0v) is 12.3. The summed E-state index contributed by atoms with van der Waals surface area (Å²) in [7, 11) is 0. The normalized spacial score (nSPS) is 19.9. The molecule has 21 heavy (non-hydrogen) atoms. The molecule has 1 nitrogen and oxygen atoms in total. The number of rotatable bonds is 2. The number of fused-ring (bicyclic) bond motifs is 1. The second-order valence-electron chi connectivity index (χ2n) is 6.36. The van der Waals surface area contributed by atoms with E-state index < -0.39 is 11.6 Å². The van der Waals surface area contributed by atoms with Gasteiger partial charge in [-0.25, -0.2) is 8.78 Å². The molecule has 1 N–H and O–H groups in total. The van der Waals surface area contributed by atoms with Gasteiger partial charge in [-0.2, -0.15) is 0 Å². The van der Waals surface area contributed by atoms with Crippen LogP contribution in [0.3, 0.4) is 0 Å². The molecule has 0 fully saturated rings. The number of nitrogens with one attached hydrogen (secondary N) is 1. The van der Waals surface area contributed by atoms with Gasteiger partial charge in [0.15, 0.2) is 0 Å². The molecule has 0 amide bonds. The van der Waals surface area contributed by atoms with Gasteiger partial charge < -0.3 is 5.32 Å². The molecular weight excluding hydrogens is 268 g/mol. The molecule has 0 heterocycles. The summed E-state index contributed by atoms with van der Waals surface area (Å²) in [5.41, 5.74) is 2.29. The Bertz CT molecular complexity index is 644. The Balaban J connectivity index is 2.04. The SMILES string of the molecule is CC1(C)CCc2ccccc2C1Nc1c(F)cccc1F. The van der Waals surface area contributed by atoms with Crippen LogP contribution in [0, 0.1) is 17.0 Å². The number of hydrogen-bond acceptors (Lipinski definition) is 1. The molecule has 1 aliphatic carbocycles. The van der Waals surface area contributed by atoms with Crippen molar-refractivity contribution in [1.29, 1.82) is 0 Å². The first-order valence-electron chi connectivity index (χ1n) is 7.27. The summed E-state index contributed by atoms with van der Waals surface area (Å²) in [6.07, 6.45) is 1.98. The number of halogens is 2.